The molecule has 7 nitrogen and oxygen atoms in total. The summed E-state index contributed by atoms with van der Waals surface area (Å²) >= 11 is 0. The second-order valence-corrected chi connectivity index (χ2v) is 8.58. The first-order valence-electron chi connectivity index (χ1n) is 9.47. The topological polar surface area (TPSA) is 99.7 Å². The quantitative estimate of drug-likeness (QED) is 0.195. The summed E-state index contributed by atoms with van der Waals surface area (Å²) in [7, 11) is -1.46. The highest BCUT2D eigenvalue weighted by Crippen LogP contribution is 2.10. The number of carbonyl (C=O) groups is 1. The average Bonchev–Trinajstić information content (AvgIpc) is 2.72. The zero-order valence-corrected chi connectivity index (χ0v) is 20.4. The van der Waals surface area contributed by atoms with E-state index in [9.17, 15) is 13.2 Å². The van der Waals surface area contributed by atoms with Gasteiger partial charge in [-0.25, -0.2) is 8.42 Å². The van der Waals surface area contributed by atoms with Gasteiger partial charge in [-0.05, 0) is 42.7 Å². The minimum Gasteiger partial charge on any atom is -0.356 e. The number of benzene rings is 2. The molecular weight excluding hydrogens is 515 g/mol. The number of rotatable bonds is 9. The number of aliphatic imine (C=N–C) groups is 1. The first-order valence-corrected chi connectivity index (χ1v) is 11.4. The average molecular weight is 544 g/mol. The number of hydrogen-bond donors (Lipinski definition) is 3. The number of nitrogens with zero attached hydrogens (tertiary/aromatic N) is 1. The second-order valence-electron chi connectivity index (χ2n) is 6.57. The Balaban J connectivity index is 0.00000450. The molecule has 0 aliphatic rings. The summed E-state index contributed by atoms with van der Waals surface area (Å²) < 4.78 is 23.0. The third kappa shape index (κ3) is 9.12. The summed E-state index contributed by atoms with van der Waals surface area (Å²) in [4.78, 5) is 16.4. The molecule has 0 saturated heterocycles. The van der Waals surface area contributed by atoms with E-state index in [2.05, 4.69) is 20.9 Å². The third-order valence-corrected chi connectivity index (χ3v) is 5.38. The lowest BCUT2D eigenvalue weighted by Gasteiger charge is -2.12. The van der Waals surface area contributed by atoms with E-state index < -0.39 is 9.84 Å². The fraction of sp³-hybridized carbons (Fsp3) is 0.333. The summed E-state index contributed by atoms with van der Waals surface area (Å²) in [5.41, 5.74) is 1.70. The summed E-state index contributed by atoms with van der Waals surface area (Å²) in [5.74, 6) is 0.613. The van der Waals surface area contributed by atoms with Crippen LogP contribution in [0.1, 0.15) is 22.3 Å². The lowest BCUT2D eigenvalue weighted by Crippen LogP contribution is -2.39. The zero-order chi connectivity index (χ0) is 21.1. The van der Waals surface area contributed by atoms with Crippen molar-refractivity contribution in [3.63, 3.8) is 0 Å². The van der Waals surface area contributed by atoms with Gasteiger partial charge in [0.05, 0.1) is 4.90 Å². The van der Waals surface area contributed by atoms with Crippen LogP contribution in [0, 0.1) is 0 Å². The first kappa shape index (κ1) is 25.9. The normalized spacial score (nSPS) is 11.3. The van der Waals surface area contributed by atoms with Crippen LogP contribution in [-0.4, -0.2) is 53.2 Å². The van der Waals surface area contributed by atoms with Gasteiger partial charge >= 0.3 is 0 Å². The molecule has 3 N–H and O–H groups in total. The molecule has 0 aliphatic heterocycles. The highest BCUT2D eigenvalue weighted by molar-refractivity contribution is 14.0. The Bertz CT molecular complexity index is 917. The molecule has 2 aromatic rings. The molecule has 9 heteroatoms. The van der Waals surface area contributed by atoms with Gasteiger partial charge in [0.2, 0.25) is 0 Å². The van der Waals surface area contributed by atoms with Gasteiger partial charge in [-0.1, -0.05) is 30.3 Å². The monoisotopic (exact) mass is 544 g/mol. The van der Waals surface area contributed by atoms with Crippen molar-refractivity contribution in [2.45, 2.75) is 17.7 Å². The number of guanidine groups is 1. The minimum absolute atomic E-state index is 0. The lowest BCUT2D eigenvalue weighted by atomic mass is 10.1. The van der Waals surface area contributed by atoms with Gasteiger partial charge in [-0.3, -0.25) is 9.79 Å². The Morgan fingerprint density at radius 3 is 2.10 bits per heavy atom. The molecule has 0 fully saturated rings. The van der Waals surface area contributed by atoms with Crippen LogP contribution in [0.5, 0.6) is 0 Å². The van der Waals surface area contributed by atoms with E-state index in [1.165, 1.54) is 6.26 Å². The van der Waals surface area contributed by atoms with E-state index in [-0.39, 0.29) is 29.9 Å². The lowest BCUT2D eigenvalue weighted by molar-refractivity contribution is 0.0953. The summed E-state index contributed by atoms with van der Waals surface area (Å²) in [6.45, 7) is 1.92. The van der Waals surface area contributed by atoms with Gasteiger partial charge in [0, 0.05) is 38.5 Å². The number of hydrogen-bond acceptors (Lipinski definition) is 4. The predicted molar refractivity (Wildman–Crippen MR) is 131 cm³/mol. The molecule has 1 amide bonds. The van der Waals surface area contributed by atoms with Crippen LogP contribution in [0.25, 0.3) is 0 Å². The van der Waals surface area contributed by atoms with Crippen molar-refractivity contribution in [2.24, 2.45) is 4.99 Å². The van der Waals surface area contributed by atoms with Gasteiger partial charge in [0.15, 0.2) is 15.8 Å². The van der Waals surface area contributed by atoms with Crippen LogP contribution >= 0.6 is 24.0 Å². The molecule has 0 spiro atoms. The highest BCUT2D eigenvalue weighted by atomic mass is 127. The van der Waals surface area contributed by atoms with Crippen molar-refractivity contribution in [3.05, 3.63) is 65.7 Å². The third-order valence-electron chi connectivity index (χ3n) is 4.25. The fourth-order valence-corrected chi connectivity index (χ4v) is 3.27. The van der Waals surface area contributed by atoms with Crippen molar-refractivity contribution in [1.82, 2.24) is 16.0 Å². The van der Waals surface area contributed by atoms with Gasteiger partial charge < -0.3 is 16.0 Å². The molecule has 0 aromatic heterocycles. The van der Waals surface area contributed by atoms with Gasteiger partial charge in [-0.15, -0.1) is 24.0 Å². The fourth-order valence-electron chi connectivity index (χ4n) is 2.64. The maximum absolute atomic E-state index is 11.9. The van der Waals surface area contributed by atoms with Crippen LogP contribution < -0.4 is 16.0 Å². The second kappa shape index (κ2) is 13.2. The Kier molecular flexibility index (Phi) is 11.4. The van der Waals surface area contributed by atoms with Gasteiger partial charge in [0.25, 0.3) is 5.91 Å². The van der Waals surface area contributed by atoms with E-state index in [0.29, 0.717) is 36.1 Å². The summed E-state index contributed by atoms with van der Waals surface area (Å²) in [5, 5.41) is 9.32. The maximum atomic E-state index is 11.9. The Labute approximate surface area is 195 Å². The summed E-state index contributed by atoms with van der Waals surface area (Å²) in [6.07, 6.45) is 2.72. The molecule has 0 heterocycles. The van der Waals surface area contributed by atoms with Crippen LogP contribution in [0.15, 0.2) is 64.5 Å². The SMILES string of the molecule is CN=C(NCCCNC(=O)c1ccccc1)NCCc1ccc(S(C)(=O)=O)cc1.I. The van der Waals surface area contributed by atoms with Crippen molar-refractivity contribution in [2.75, 3.05) is 32.9 Å². The van der Waals surface area contributed by atoms with E-state index in [1.54, 1.807) is 31.3 Å². The molecule has 2 rings (SSSR count). The molecular formula is C21H29IN4O3S. The van der Waals surface area contributed by atoms with Crippen molar-refractivity contribution in [1.29, 1.82) is 0 Å². The smallest absolute Gasteiger partial charge is 0.251 e. The number of sulfone groups is 1. The maximum Gasteiger partial charge on any atom is 0.251 e. The van der Waals surface area contributed by atoms with Crippen LogP contribution in [-0.2, 0) is 16.3 Å². The van der Waals surface area contributed by atoms with Crippen molar-refractivity contribution < 1.29 is 13.2 Å². The van der Waals surface area contributed by atoms with Crippen molar-refractivity contribution in [3.8, 4) is 0 Å². The van der Waals surface area contributed by atoms with Crippen molar-refractivity contribution >= 4 is 45.7 Å². The number of amides is 1. The van der Waals surface area contributed by atoms with Gasteiger partial charge in [-0.2, -0.15) is 0 Å². The van der Waals surface area contributed by atoms with Gasteiger partial charge in [0.1, 0.15) is 0 Å². The van der Waals surface area contributed by atoms with E-state index >= 15 is 0 Å². The van der Waals surface area contributed by atoms with Crippen LogP contribution in [0.4, 0.5) is 0 Å². The van der Waals surface area contributed by atoms with Crippen LogP contribution in [0.2, 0.25) is 0 Å². The minimum atomic E-state index is -3.16. The van der Waals surface area contributed by atoms with Crippen LogP contribution in [0.3, 0.4) is 0 Å². The molecule has 0 aliphatic carbocycles. The molecule has 164 valence electrons. The van der Waals surface area contributed by atoms with E-state index in [4.69, 9.17) is 0 Å². The molecule has 2 aromatic carbocycles. The number of carbonyl (C=O) groups excluding carboxylic acids is 1. The molecule has 30 heavy (non-hydrogen) atoms. The molecule has 0 saturated carbocycles. The predicted octanol–water partition coefficient (Wildman–Crippen LogP) is 2.24. The Hall–Kier alpha value is -2.14. The first-order chi connectivity index (χ1) is 13.9. The largest absolute Gasteiger partial charge is 0.356 e. The highest BCUT2D eigenvalue weighted by Gasteiger charge is 2.06. The molecule has 0 bridgehead atoms. The van der Waals surface area contributed by atoms with E-state index in [0.717, 1.165) is 18.4 Å². The molecule has 0 atom stereocenters. The standard InChI is InChI=1S/C21H28N4O3S.HI/c1-22-21(24-15-6-14-23-20(26)18-7-4-3-5-8-18)25-16-13-17-9-11-19(12-10-17)29(2,27)28;/h3-5,7-12H,6,13-16H2,1-2H3,(H,23,26)(H2,22,24,25);1H. The molecule has 0 radical (unpaired) electrons. The summed E-state index contributed by atoms with van der Waals surface area (Å²) in [6, 6.07) is 16.0. The number of halogens is 1. The molecule has 0 unspecified atom stereocenters. The zero-order valence-electron chi connectivity index (χ0n) is 17.2. The Morgan fingerprint density at radius 1 is 0.900 bits per heavy atom. The Morgan fingerprint density at radius 2 is 1.50 bits per heavy atom. The number of nitrogens with one attached hydrogen (secondary N) is 3. The van der Waals surface area contributed by atoms with E-state index in [1.807, 2.05) is 30.3 Å².